The van der Waals surface area contributed by atoms with Gasteiger partial charge in [-0.3, -0.25) is 0 Å². The molecule has 1 N–H and O–H groups in total. The Morgan fingerprint density at radius 2 is 1.16 bits per heavy atom. The summed E-state index contributed by atoms with van der Waals surface area (Å²) in [6.07, 6.45) is 7.47. The molecule has 4 heterocycles. The molecule has 6 aromatic rings. The Bertz CT molecular complexity index is 2550. The molecule has 0 atom stereocenters. The topological polar surface area (TPSA) is 160 Å². The molecule has 0 saturated heterocycles. The fourth-order valence-electron chi connectivity index (χ4n) is 6.60. The van der Waals surface area contributed by atoms with E-state index in [1.54, 1.807) is 24.4 Å². The molecule has 334 valence electrons. The van der Waals surface area contributed by atoms with Crippen LogP contribution in [0.25, 0.3) is 44.6 Å². The standard InChI is InChI=1S/C26H37N5O2SSi.C20H24N4O2SSi/c1-7-30(8-2)12-13-33-22-11-9-10-20(16-22)24-23-21(17-27)18-31(19-32-14-15-35(4,5)6)25(23)29-26(28-24)34-3;1-27-20-22-18(14-6-5-7-16(25)10-14)17-15(11-21)12-24(19(17)23-20)13-26-8-9-28(2,3)4/h9-11,16,18H,7-8,12-15,19H2,1-6H3;5-7,10,12,25H,8-9,13H2,1-4H3. The van der Waals surface area contributed by atoms with Crippen LogP contribution in [0, 0.1) is 22.7 Å². The van der Waals surface area contributed by atoms with Crippen molar-refractivity contribution in [2.45, 2.75) is 89.0 Å². The first kappa shape index (κ1) is 49.3. The van der Waals surface area contributed by atoms with Crippen LogP contribution in [0.2, 0.25) is 51.4 Å². The van der Waals surface area contributed by atoms with Gasteiger partial charge in [0.1, 0.15) is 55.0 Å². The fourth-order valence-corrected chi connectivity index (χ4v) is 8.83. The molecule has 2 aromatic carbocycles. The Morgan fingerprint density at radius 3 is 1.59 bits per heavy atom. The van der Waals surface area contributed by atoms with Crippen molar-refractivity contribution in [3.63, 3.8) is 0 Å². The molecule has 6 rings (SSSR count). The molecule has 63 heavy (non-hydrogen) atoms. The van der Waals surface area contributed by atoms with Crippen molar-refractivity contribution in [3.8, 4) is 46.2 Å². The van der Waals surface area contributed by atoms with Crippen LogP contribution in [0.1, 0.15) is 25.0 Å². The zero-order chi connectivity index (χ0) is 45.7. The fraction of sp³-hybridized carbons (Fsp3) is 0.435. The first-order valence-electron chi connectivity index (χ1n) is 21.2. The predicted octanol–water partition coefficient (Wildman–Crippen LogP) is 10.4. The quantitative estimate of drug-likeness (QED) is 0.0334. The van der Waals surface area contributed by atoms with E-state index in [1.807, 2.05) is 58.2 Å². The van der Waals surface area contributed by atoms with Crippen molar-refractivity contribution >= 4 is 61.7 Å². The van der Waals surface area contributed by atoms with Crippen LogP contribution >= 0.6 is 23.5 Å². The van der Waals surface area contributed by atoms with Gasteiger partial charge in [-0.15, -0.1) is 0 Å². The highest BCUT2D eigenvalue weighted by Crippen LogP contribution is 2.35. The highest BCUT2D eigenvalue weighted by Gasteiger charge is 2.21. The van der Waals surface area contributed by atoms with E-state index < -0.39 is 16.1 Å². The van der Waals surface area contributed by atoms with Gasteiger partial charge < -0.3 is 33.4 Å². The number of likely N-dealkylation sites (N-methyl/N-ethyl adjacent to an activating group) is 1. The number of thioether (sulfide) groups is 2. The zero-order valence-corrected chi connectivity index (χ0v) is 42.0. The molecule has 0 radical (unpaired) electrons. The van der Waals surface area contributed by atoms with Gasteiger partial charge in [0.2, 0.25) is 0 Å². The SMILES string of the molecule is CCN(CC)CCOc1cccc(-c2nc(SC)nc3c2c(C#N)cn3COCC[Si](C)(C)C)c1.CSc1nc(-c2cccc(O)c2)c2c(C#N)cn(COCC[Si](C)(C)C)c2n1. The van der Waals surface area contributed by atoms with Gasteiger partial charge in [-0.25, -0.2) is 19.9 Å². The second kappa shape index (κ2) is 22.8. The number of phenolic OH excluding ortho intramolecular Hbond substituents is 1. The number of hydrogen-bond acceptors (Lipinski definition) is 13. The summed E-state index contributed by atoms with van der Waals surface area (Å²) >= 11 is 2.92. The Kier molecular flexibility index (Phi) is 17.8. The van der Waals surface area contributed by atoms with Crippen molar-refractivity contribution in [2.75, 3.05) is 52.0 Å². The van der Waals surface area contributed by atoms with Crippen LogP contribution in [-0.4, -0.2) is 107 Å². The van der Waals surface area contributed by atoms with E-state index in [4.69, 9.17) is 24.2 Å². The van der Waals surface area contributed by atoms with Gasteiger partial charge in [-0.05, 0) is 62.0 Å². The summed E-state index contributed by atoms with van der Waals surface area (Å²) < 4.78 is 21.7. The zero-order valence-electron chi connectivity index (χ0n) is 38.4. The van der Waals surface area contributed by atoms with Crippen molar-refractivity contribution < 1.29 is 19.3 Å². The monoisotopic (exact) mass is 923 g/mol. The van der Waals surface area contributed by atoms with Crippen LogP contribution in [-0.2, 0) is 22.9 Å². The van der Waals surface area contributed by atoms with Gasteiger partial charge in [0.15, 0.2) is 10.3 Å². The molecule has 0 fully saturated rings. The molecule has 4 aromatic heterocycles. The highest BCUT2D eigenvalue weighted by molar-refractivity contribution is 7.98. The minimum absolute atomic E-state index is 0.155. The Morgan fingerprint density at radius 1 is 0.683 bits per heavy atom. The molecule has 0 aliphatic carbocycles. The Balaban J connectivity index is 0.000000243. The van der Waals surface area contributed by atoms with Crippen molar-refractivity contribution in [3.05, 3.63) is 72.1 Å². The van der Waals surface area contributed by atoms with Gasteiger partial charge in [-0.2, -0.15) is 10.5 Å². The molecule has 0 amide bonds. The average molecular weight is 924 g/mol. The molecule has 13 nitrogen and oxygen atoms in total. The third kappa shape index (κ3) is 13.6. The Hall–Kier alpha value is -4.73. The van der Waals surface area contributed by atoms with Gasteiger partial charge in [0.25, 0.3) is 0 Å². The number of nitriles is 2. The highest BCUT2D eigenvalue weighted by atomic mass is 32.2. The first-order valence-corrected chi connectivity index (χ1v) is 31.1. The maximum absolute atomic E-state index is 9.91. The summed E-state index contributed by atoms with van der Waals surface area (Å²) in [5.41, 5.74) is 5.46. The minimum atomic E-state index is -1.17. The van der Waals surface area contributed by atoms with Crippen molar-refractivity contribution in [1.29, 1.82) is 10.5 Å². The third-order valence-electron chi connectivity index (χ3n) is 10.2. The molecule has 0 aliphatic rings. The number of rotatable bonds is 20. The number of fused-ring (bicyclic) bond motifs is 2. The van der Waals surface area contributed by atoms with Gasteiger partial charge in [0.05, 0.1) is 33.3 Å². The number of benzene rings is 2. The molecule has 0 bridgehead atoms. The van der Waals surface area contributed by atoms with Gasteiger partial charge in [0, 0.05) is 59.4 Å². The lowest BCUT2D eigenvalue weighted by Crippen LogP contribution is -2.27. The summed E-state index contributed by atoms with van der Waals surface area (Å²) in [5, 5.41) is 32.2. The van der Waals surface area contributed by atoms with E-state index in [-0.39, 0.29) is 5.75 Å². The van der Waals surface area contributed by atoms with E-state index in [9.17, 15) is 15.6 Å². The average Bonchev–Trinajstić information content (AvgIpc) is 3.81. The largest absolute Gasteiger partial charge is 0.508 e. The summed E-state index contributed by atoms with van der Waals surface area (Å²) in [5.74, 6) is 0.947. The van der Waals surface area contributed by atoms with E-state index in [0.717, 1.165) is 65.3 Å². The van der Waals surface area contributed by atoms with Crippen LogP contribution in [0.5, 0.6) is 11.5 Å². The minimum Gasteiger partial charge on any atom is -0.508 e. The third-order valence-corrected chi connectivity index (χ3v) is 14.8. The molecule has 0 spiro atoms. The summed E-state index contributed by atoms with van der Waals surface area (Å²) in [6.45, 7) is 23.9. The summed E-state index contributed by atoms with van der Waals surface area (Å²) in [4.78, 5) is 21.1. The smallest absolute Gasteiger partial charge is 0.189 e. The number of hydrogen-bond donors (Lipinski definition) is 1. The van der Waals surface area contributed by atoms with Crippen molar-refractivity contribution in [2.24, 2.45) is 0 Å². The molecular formula is C46H61N9O4S2Si2. The van der Waals surface area contributed by atoms with Crippen LogP contribution in [0.3, 0.4) is 0 Å². The number of aromatic nitrogens is 6. The molecule has 0 aliphatic heterocycles. The second-order valence-electron chi connectivity index (χ2n) is 17.4. The summed E-state index contributed by atoms with van der Waals surface area (Å²) in [6, 6.07) is 21.6. The first-order chi connectivity index (χ1) is 30.1. The van der Waals surface area contributed by atoms with Crippen LogP contribution in [0.15, 0.2) is 71.2 Å². The van der Waals surface area contributed by atoms with E-state index in [2.05, 4.69) is 80.1 Å². The number of phenols is 1. The lowest BCUT2D eigenvalue weighted by atomic mass is 10.1. The molecular weight excluding hydrogens is 863 g/mol. The maximum Gasteiger partial charge on any atom is 0.189 e. The van der Waals surface area contributed by atoms with Gasteiger partial charge >= 0.3 is 0 Å². The normalized spacial score (nSPS) is 11.8. The van der Waals surface area contributed by atoms with Crippen LogP contribution in [0.4, 0.5) is 0 Å². The van der Waals surface area contributed by atoms with Crippen LogP contribution < -0.4 is 4.74 Å². The second-order valence-corrected chi connectivity index (χ2v) is 30.2. The molecule has 0 saturated carbocycles. The number of ether oxygens (including phenoxy) is 3. The number of aromatic hydroxyl groups is 1. The van der Waals surface area contributed by atoms with E-state index in [0.29, 0.717) is 71.4 Å². The lowest BCUT2D eigenvalue weighted by molar-refractivity contribution is 0.0897. The van der Waals surface area contributed by atoms with Gasteiger partial charge in [-0.1, -0.05) is 101 Å². The predicted molar refractivity (Wildman–Crippen MR) is 262 cm³/mol. The maximum atomic E-state index is 9.91. The molecule has 0 unspecified atom stereocenters. The van der Waals surface area contributed by atoms with E-state index >= 15 is 0 Å². The summed E-state index contributed by atoms with van der Waals surface area (Å²) in [7, 11) is -2.34. The van der Waals surface area contributed by atoms with E-state index in [1.165, 1.54) is 23.5 Å². The lowest BCUT2D eigenvalue weighted by Gasteiger charge is -2.18. The number of nitrogens with zero attached hydrogens (tertiary/aromatic N) is 9. The van der Waals surface area contributed by atoms with Crippen molar-refractivity contribution in [1.82, 2.24) is 34.0 Å². The Labute approximate surface area is 382 Å². The molecule has 17 heteroatoms.